The van der Waals surface area contributed by atoms with Crippen molar-refractivity contribution in [2.75, 3.05) is 26.9 Å². The molecular formula is C30H27N3O5S. The molecule has 0 radical (unpaired) electrons. The van der Waals surface area contributed by atoms with Crippen LogP contribution in [-0.2, 0) is 4.79 Å². The fraction of sp³-hybridized carbons (Fsp3) is 0.167. The van der Waals surface area contributed by atoms with Crippen molar-refractivity contribution in [2.45, 2.75) is 6.92 Å². The number of carbonyl (C=O) groups excluding carboxylic acids is 1. The zero-order valence-corrected chi connectivity index (χ0v) is 22.4. The van der Waals surface area contributed by atoms with Gasteiger partial charge in [-0.2, -0.15) is 4.99 Å². The van der Waals surface area contributed by atoms with Crippen molar-refractivity contribution in [3.05, 3.63) is 94.9 Å². The van der Waals surface area contributed by atoms with Gasteiger partial charge in [0.25, 0.3) is 5.91 Å². The monoisotopic (exact) mass is 541 g/mol. The van der Waals surface area contributed by atoms with Gasteiger partial charge in [-0.1, -0.05) is 48.2 Å². The lowest BCUT2D eigenvalue weighted by Crippen LogP contribution is -2.38. The van der Waals surface area contributed by atoms with Crippen LogP contribution in [0.1, 0.15) is 18.1 Å². The topological polar surface area (TPSA) is 93.4 Å². The third kappa shape index (κ3) is 5.83. The molecule has 0 saturated carbocycles. The second-order valence-corrected chi connectivity index (χ2v) is 9.28. The smallest absolute Gasteiger partial charge is 0.283 e. The molecule has 0 unspecified atom stereocenters. The van der Waals surface area contributed by atoms with Crippen LogP contribution < -0.4 is 18.9 Å². The van der Waals surface area contributed by atoms with Crippen molar-refractivity contribution in [3.63, 3.8) is 0 Å². The summed E-state index contributed by atoms with van der Waals surface area (Å²) in [5, 5.41) is 11.2. The summed E-state index contributed by atoms with van der Waals surface area (Å²) in [4.78, 5) is 18.8. The van der Waals surface area contributed by atoms with Crippen molar-refractivity contribution in [2.24, 2.45) is 4.99 Å². The van der Waals surface area contributed by atoms with Gasteiger partial charge in [0.05, 0.1) is 25.0 Å². The molecular weight excluding hydrogens is 514 g/mol. The van der Waals surface area contributed by atoms with Gasteiger partial charge < -0.3 is 18.9 Å². The first-order valence-corrected chi connectivity index (χ1v) is 13.3. The molecule has 0 fully saturated rings. The maximum Gasteiger partial charge on any atom is 0.283 e. The average Bonchev–Trinajstić information content (AvgIpc) is 3.39. The predicted octanol–water partition coefficient (Wildman–Crippen LogP) is 5.86. The van der Waals surface area contributed by atoms with E-state index in [2.05, 4.69) is 4.99 Å². The molecule has 39 heavy (non-hydrogen) atoms. The number of thioether (sulfide) groups is 1. The normalized spacial score (nSPS) is 15.5. The van der Waals surface area contributed by atoms with Crippen LogP contribution >= 0.6 is 11.8 Å². The molecule has 1 amide bonds. The summed E-state index contributed by atoms with van der Waals surface area (Å²) in [6.07, 6.45) is 1.66. The summed E-state index contributed by atoms with van der Waals surface area (Å²) < 4.78 is 22.6. The highest BCUT2D eigenvalue weighted by Gasteiger charge is 2.36. The molecule has 0 aliphatic carbocycles. The highest BCUT2D eigenvalue weighted by molar-refractivity contribution is 8.17. The van der Waals surface area contributed by atoms with Crippen LogP contribution in [0, 0.1) is 5.41 Å². The van der Waals surface area contributed by atoms with Crippen LogP contribution in [0.25, 0.3) is 11.8 Å². The molecule has 2 aliphatic heterocycles. The van der Waals surface area contributed by atoms with E-state index in [1.54, 1.807) is 30.2 Å². The van der Waals surface area contributed by atoms with E-state index in [1.807, 2.05) is 73.0 Å². The number of carbonyl (C=O) groups is 1. The Labute approximate surface area is 231 Å². The number of fused-ring (bicyclic) bond motifs is 1. The summed E-state index contributed by atoms with van der Waals surface area (Å²) in [5.41, 5.74) is 2.67. The highest BCUT2D eigenvalue weighted by Crippen LogP contribution is 2.38. The molecule has 1 N–H and O–H groups in total. The third-order valence-corrected chi connectivity index (χ3v) is 6.76. The molecule has 2 heterocycles. The molecule has 5 rings (SSSR count). The minimum Gasteiger partial charge on any atom is -0.497 e. The van der Waals surface area contributed by atoms with Crippen molar-refractivity contribution in [1.29, 1.82) is 5.41 Å². The Hall–Kier alpha value is -4.50. The van der Waals surface area contributed by atoms with Crippen LogP contribution in [0.2, 0.25) is 0 Å². The number of hydrogen-bond acceptors (Lipinski definition) is 7. The third-order valence-electron chi connectivity index (χ3n) is 5.93. The second-order valence-electron chi connectivity index (χ2n) is 8.44. The number of nitrogens with one attached hydrogen (secondary N) is 1. The molecule has 3 aromatic rings. The number of aliphatic imine (C=N–C) groups is 1. The van der Waals surface area contributed by atoms with Gasteiger partial charge in [-0.3, -0.25) is 15.1 Å². The highest BCUT2D eigenvalue weighted by atomic mass is 32.2. The minimum absolute atomic E-state index is 0.0825. The molecule has 0 spiro atoms. The fourth-order valence-corrected chi connectivity index (χ4v) is 4.96. The van der Waals surface area contributed by atoms with E-state index in [0.717, 1.165) is 22.8 Å². The van der Waals surface area contributed by atoms with E-state index in [0.29, 0.717) is 42.1 Å². The van der Waals surface area contributed by atoms with E-state index in [4.69, 9.17) is 24.4 Å². The van der Waals surface area contributed by atoms with Gasteiger partial charge in [0.15, 0.2) is 16.7 Å². The van der Waals surface area contributed by atoms with Crippen molar-refractivity contribution >= 4 is 40.4 Å². The van der Waals surface area contributed by atoms with Gasteiger partial charge >= 0.3 is 0 Å². The average molecular weight is 542 g/mol. The molecule has 8 nitrogen and oxygen atoms in total. The lowest BCUT2D eigenvalue weighted by Gasteiger charge is -2.27. The SMILES string of the molecule is CCOc1cc(C=C2C(=N)N3C(c4ccccc4)=CSC3=NC2=O)ccc1OCCOc1ccc(OC)cc1. The summed E-state index contributed by atoms with van der Waals surface area (Å²) in [5.74, 6) is 2.22. The fourth-order valence-electron chi connectivity index (χ4n) is 4.07. The maximum atomic E-state index is 12.9. The molecule has 0 saturated heterocycles. The van der Waals surface area contributed by atoms with Gasteiger partial charge in [0.1, 0.15) is 30.5 Å². The first-order valence-electron chi connectivity index (χ1n) is 12.4. The first-order chi connectivity index (χ1) is 19.1. The molecule has 2 aliphatic rings. The molecule has 3 aromatic carbocycles. The number of hydrogen-bond donors (Lipinski definition) is 1. The lowest BCUT2D eigenvalue weighted by molar-refractivity contribution is -0.114. The Morgan fingerprint density at radius 3 is 2.41 bits per heavy atom. The quantitative estimate of drug-likeness (QED) is 0.254. The van der Waals surface area contributed by atoms with E-state index in [1.165, 1.54) is 11.8 Å². The number of amides is 1. The van der Waals surface area contributed by atoms with Crippen molar-refractivity contribution in [1.82, 2.24) is 4.90 Å². The Morgan fingerprint density at radius 2 is 1.67 bits per heavy atom. The summed E-state index contributed by atoms with van der Waals surface area (Å²) in [7, 11) is 1.62. The van der Waals surface area contributed by atoms with Crippen LogP contribution in [0.4, 0.5) is 0 Å². The van der Waals surface area contributed by atoms with Gasteiger partial charge in [-0.25, -0.2) is 0 Å². The molecule has 0 bridgehead atoms. The van der Waals surface area contributed by atoms with E-state index < -0.39 is 5.91 Å². The van der Waals surface area contributed by atoms with Crippen molar-refractivity contribution in [3.8, 4) is 23.0 Å². The number of benzene rings is 3. The van der Waals surface area contributed by atoms with Gasteiger partial charge in [0.2, 0.25) is 0 Å². The largest absolute Gasteiger partial charge is 0.497 e. The van der Waals surface area contributed by atoms with E-state index >= 15 is 0 Å². The summed E-state index contributed by atoms with van der Waals surface area (Å²) in [6.45, 7) is 2.99. The standard InChI is InChI=1S/C30H27N3O5S/c1-3-36-27-18-20(9-14-26(27)38-16-15-37-23-12-10-22(35-2)11-13-23)17-24-28(31)33-25(21-7-5-4-6-8-21)19-39-30(33)32-29(24)34/h4-14,17-19,31H,3,15-16H2,1-2H3. The molecule has 0 aromatic heterocycles. The lowest BCUT2D eigenvalue weighted by atomic mass is 10.1. The predicted molar refractivity (Wildman–Crippen MR) is 154 cm³/mol. The number of amidine groups is 2. The van der Waals surface area contributed by atoms with E-state index in [-0.39, 0.29) is 11.4 Å². The summed E-state index contributed by atoms with van der Waals surface area (Å²) >= 11 is 1.34. The van der Waals surface area contributed by atoms with Crippen molar-refractivity contribution < 1.29 is 23.7 Å². The zero-order chi connectivity index (χ0) is 27.2. The first kappa shape index (κ1) is 26.1. The van der Waals surface area contributed by atoms with E-state index in [9.17, 15) is 4.79 Å². The van der Waals surface area contributed by atoms with Crippen LogP contribution in [0.5, 0.6) is 23.0 Å². The van der Waals surface area contributed by atoms with Gasteiger partial charge in [-0.15, -0.1) is 0 Å². The maximum absolute atomic E-state index is 12.9. The zero-order valence-electron chi connectivity index (χ0n) is 21.5. The molecule has 0 atom stereocenters. The Balaban J connectivity index is 1.30. The Morgan fingerprint density at radius 1 is 0.923 bits per heavy atom. The minimum atomic E-state index is -0.449. The van der Waals surface area contributed by atoms with Crippen LogP contribution in [0.3, 0.4) is 0 Å². The molecule has 198 valence electrons. The van der Waals surface area contributed by atoms with Crippen LogP contribution in [0.15, 0.2) is 88.8 Å². The van der Waals surface area contributed by atoms with Gasteiger partial charge in [0, 0.05) is 5.41 Å². The number of nitrogens with zero attached hydrogens (tertiary/aromatic N) is 2. The number of rotatable bonds is 10. The second kappa shape index (κ2) is 11.9. The number of methoxy groups -OCH3 is 1. The van der Waals surface area contributed by atoms with Crippen LogP contribution in [-0.4, -0.2) is 48.7 Å². The molecule has 9 heteroatoms. The van der Waals surface area contributed by atoms with Gasteiger partial charge in [-0.05, 0) is 60.5 Å². The Kier molecular flexibility index (Phi) is 7.98. The summed E-state index contributed by atoms with van der Waals surface area (Å²) in [6, 6.07) is 22.5. The Bertz CT molecular complexity index is 1470. The number of ether oxygens (including phenoxy) is 4.